The Bertz CT molecular complexity index is 460. The summed E-state index contributed by atoms with van der Waals surface area (Å²) in [5, 5.41) is 0.500. The van der Waals surface area contributed by atoms with E-state index in [0.717, 1.165) is 36.7 Å². The van der Waals surface area contributed by atoms with Crippen LogP contribution in [0.2, 0.25) is 5.02 Å². The average Bonchev–Trinajstić information content (AvgIpc) is 2.55. The maximum Gasteiger partial charge on any atom is 0.124 e. The average molecular weight is 298 g/mol. The highest BCUT2D eigenvalue weighted by Gasteiger charge is 2.31. The molecular weight excluding hydrogens is 273 g/mol. The summed E-state index contributed by atoms with van der Waals surface area (Å²) in [6.45, 7) is 4.59. The van der Waals surface area contributed by atoms with Crippen molar-refractivity contribution in [1.29, 1.82) is 0 Å². The summed E-state index contributed by atoms with van der Waals surface area (Å²) in [5.74, 6) is 1.22. The zero-order valence-electron chi connectivity index (χ0n) is 12.5. The van der Waals surface area contributed by atoms with Crippen LogP contribution < -0.4 is 5.73 Å². The Morgan fingerprint density at radius 1 is 1.35 bits per heavy atom. The molecule has 1 aromatic carbocycles. The van der Waals surface area contributed by atoms with E-state index < -0.39 is 0 Å². The number of halogens is 2. The summed E-state index contributed by atoms with van der Waals surface area (Å²) in [6.07, 6.45) is 6.45. The molecule has 1 aliphatic rings. The minimum atomic E-state index is -0.287. The molecule has 112 valence electrons. The van der Waals surface area contributed by atoms with Crippen molar-refractivity contribution >= 4 is 11.6 Å². The van der Waals surface area contributed by atoms with Crippen molar-refractivity contribution in [3.63, 3.8) is 0 Å². The van der Waals surface area contributed by atoms with Crippen LogP contribution in [0, 0.1) is 17.7 Å². The fraction of sp³-hybridized carbons (Fsp3) is 0.647. The molecule has 2 N–H and O–H groups in total. The third-order valence-corrected chi connectivity index (χ3v) is 5.11. The first-order valence-corrected chi connectivity index (χ1v) is 8.00. The molecule has 0 saturated heterocycles. The molecule has 1 aliphatic carbocycles. The number of rotatable bonds is 3. The highest BCUT2D eigenvalue weighted by Crippen LogP contribution is 2.35. The van der Waals surface area contributed by atoms with Crippen LogP contribution in [0.15, 0.2) is 18.2 Å². The minimum Gasteiger partial charge on any atom is -0.325 e. The lowest BCUT2D eigenvalue weighted by Gasteiger charge is -2.29. The van der Waals surface area contributed by atoms with Crippen LogP contribution in [0.4, 0.5) is 4.39 Å². The van der Waals surface area contributed by atoms with Gasteiger partial charge in [-0.05, 0) is 55.2 Å². The smallest absolute Gasteiger partial charge is 0.124 e. The molecule has 1 saturated carbocycles. The van der Waals surface area contributed by atoms with Gasteiger partial charge in [0.2, 0.25) is 0 Å². The lowest BCUT2D eigenvalue weighted by atomic mass is 9.83. The van der Waals surface area contributed by atoms with Crippen LogP contribution in [-0.4, -0.2) is 5.54 Å². The maximum atomic E-state index is 13.1. The molecule has 1 nitrogen and oxygen atoms in total. The first-order valence-electron chi connectivity index (χ1n) is 7.62. The summed E-state index contributed by atoms with van der Waals surface area (Å²) in [4.78, 5) is 0. The molecule has 2 unspecified atom stereocenters. The molecule has 2 rings (SSSR count). The van der Waals surface area contributed by atoms with E-state index in [2.05, 4.69) is 13.8 Å². The molecule has 0 heterocycles. The van der Waals surface area contributed by atoms with E-state index in [0.29, 0.717) is 5.02 Å². The highest BCUT2D eigenvalue weighted by molar-refractivity contribution is 6.31. The Hall–Kier alpha value is -0.600. The van der Waals surface area contributed by atoms with Crippen molar-refractivity contribution < 1.29 is 4.39 Å². The molecule has 0 aromatic heterocycles. The first-order chi connectivity index (χ1) is 9.39. The second kappa shape index (κ2) is 6.44. The monoisotopic (exact) mass is 297 g/mol. The van der Waals surface area contributed by atoms with E-state index in [-0.39, 0.29) is 11.4 Å². The molecule has 3 heteroatoms. The van der Waals surface area contributed by atoms with E-state index in [9.17, 15) is 4.39 Å². The van der Waals surface area contributed by atoms with Gasteiger partial charge in [-0.25, -0.2) is 4.39 Å². The van der Waals surface area contributed by atoms with Gasteiger partial charge < -0.3 is 5.73 Å². The van der Waals surface area contributed by atoms with E-state index in [4.69, 9.17) is 17.3 Å². The first kappa shape index (κ1) is 15.8. The fourth-order valence-electron chi connectivity index (χ4n) is 3.35. The molecule has 0 aliphatic heterocycles. The maximum absolute atomic E-state index is 13.1. The Labute approximate surface area is 126 Å². The van der Waals surface area contributed by atoms with Gasteiger partial charge in [0.15, 0.2) is 0 Å². The Kier molecular flexibility index (Phi) is 5.09. The van der Waals surface area contributed by atoms with E-state index >= 15 is 0 Å². The van der Waals surface area contributed by atoms with Gasteiger partial charge in [-0.3, -0.25) is 0 Å². The molecular formula is C17H25ClFN. The largest absolute Gasteiger partial charge is 0.325 e. The zero-order valence-corrected chi connectivity index (χ0v) is 13.2. The predicted molar refractivity (Wildman–Crippen MR) is 83.4 cm³/mol. The van der Waals surface area contributed by atoms with Gasteiger partial charge in [-0.1, -0.05) is 44.4 Å². The Balaban J connectivity index is 2.07. The van der Waals surface area contributed by atoms with Crippen LogP contribution in [0.5, 0.6) is 0 Å². The number of nitrogens with two attached hydrogens (primary N) is 1. The summed E-state index contributed by atoms with van der Waals surface area (Å²) < 4.78 is 13.1. The molecule has 0 bridgehead atoms. The van der Waals surface area contributed by atoms with E-state index in [1.165, 1.54) is 31.4 Å². The van der Waals surface area contributed by atoms with Crippen LogP contribution in [-0.2, 0) is 6.42 Å². The van der Waals surface area contributed by atoms with Crippen molar-refractivity contribution in [3.05, 3.63) is 34.6 Å². The quantitative estimate of drug-likeness (QED) is 0.784. The van der Waals surface area contributed by atoms with E-state index in [1.807, 2.05) is 0 Å². The predicted octanol–water partition coefficient (Wildman–Crippen LogP) is 4.96. The van der Waals surface area contributed by atoms with Crippen LogP contribution in [0.1, 0.15) is 51.5 Å². The molecule has 0 radical (unpaired) electrons. The normalized spacial score (nSPS) is 27.6. The van der Waals surface area contributed by atoms with Gasteiger partial charge in [-0.15, -0.1) is 0 Å². The third kappa shape index (κ3) is 3.95. The van der Waals surface area contributed by atoms with Crippen LogP contribution in [0.3, 0.4) is 0 Å². The second-order valence-corrected chi connectivity index (χ2v) is 7.12. The summed E-state index contributed by atoms with van der Waals surface area (Å²) >= 11 is 6.14. The van der Waals surface area contributed by atoms with Crippen molar-refractivity contribution in [3.8, 4) is 0 Å². The fourth-order valence-corrected chi connectivity index (χ4v) is 3.58. The summed E-state index contributed by atoms with van der Waals surface area (Å²) in [7, 11) is 0. The van der Waals surface area contributed by atoms with Crippen molar-refractivity contribution in [2.24, 2.45) is 17.6 Å². The number of hydrogen-bond donors (Lipinski definition) is 1. The summed E-state index contributed by atoms with van der Waals surface area (Å²) in [6, 6.07) is 4.63. The van der Waals surface area contributed by atoms with Crippen molar-refractivity contribution in [2.45, 2.75) is 57.9 Å². The van der Waals surface area contributed by atoms with Gasteiger partial charge in [0.25, 0.3) is 0 Å². The minimum absolute atomic E-state index is 0.189. The SMILES string of the molecule is CC(C)C1CCCC(N)(Cc2ccc(F)cc2Cl)CC1. The van der Waals surface area contributed by atoms with Crippen molar-refractivity contribution in [2.75, 3.05) is 0 Å². The molecule has 0 amide bonds. The zero-order chi connectivity index (χ0) is 14.8. The topological polar surface area (TPSA) is 26.0 Å². The standard InChI is InChI=1S/C17H25ClFN/c1-12(2)13-4-3-8-17(20,9-7-13)11-14-5-6-15(19)10-16(14)18/h5-6,10,12-13H,3-4,7-9,11,20H2,1-2H3. The molecule has 1 fully saturated rings. The van der Waals surface area contributed by atoms with Crippen molar-refractivity contribution in [1.82, 2.24) is 0 Å². The van der Waals surface area contributed by atoms with Gasteiger partial charge in [0.05, 0.1) is 0 Å². The van der Waals surface area contributed by atoms with Gasteiger partial charge in [-0.2, -0.15) is 0 Å². The molecule has 1 aromatic rings. The Morgan fingerprint density at radius 2 is 2.10 bits per heavy atom. The third-order valence-electron chi connectivity index (χ3n) is 4.76. The van der Waals surface area contributed by atoms with Gasteiger partial charge >= 0.3 is 0 Å². The van der Waals surface area contributed by atoms with Gasteiger partial charge in [0.1, 0.15) is 5.82 Å². The molecule has 20 heavy (non-hydrogen) atoms. The van der Waals surface area contributed by atoms with Gasteiger partial charge in [0, 0.05) is 10.6 Å². The molecule has 2 atom stereocenters. The number of benzene rings is 1. The number of hydrogen-bond acceptors (Lipinski definition) is 1. The highest BCUT2D eigenvalue weighted by atomic mass is 35.5. The van der Waals surface area contributed by atoms with Crippen LogP contribution in [0.25, 0.3) is 0 Å². The van der Waals surface area contributed by atoms with E-state index in [1.54, 1.807) is 6.07 Å². The lowest BCUT2D eigenvalue weighted by Crippen LogP contribution is -2.41. The lowest BCUT2D eigenvalue weighted by molar-refractivity contribution is 0.321. The van der Waals surface area contributed by atoms with Crippen LogP contribution >= 0.6 is 11.6 Å². The Morgan fingerprint density at radius 3 is 2.75 bits per heavy atom. The molecule has 0 spiro atoms. The summed E-state index contributed by atoms with van der Waals surface area (Å²) in [5.41, 5.74) is 7.39. The second-order valence-electron chi connectivity index (χ2n) is 6.71.